The highest BCUT2D eigenvalue weighted by atomic mass is 32.3. The van der Waals surface area contributed by atoms with Crippen LogP contribution >= 0.6 is 0 Å². The quantitative estimate of drug-likeness (QED) is 0.401. The highest BCUT2D eigenvalue weighted by Crippen LogP contribution is 1.59. The molecule has 0 aliphatic heterocycles. The molecule has 19 heteroatoms. The summed E-state index contributed by atoms with van der Waals surface area (Å²) in [7, 11) is -4.67. The Kier molecular flexibility index (Phi) is 4300. The summed E-state index contributed by atoms with van der Waals surface area (Å²) in [5.74, 6) is 0. The Labute approximate surface area is 106 Å². The Hall–Kier alpha value is -0.690. The third-order valence-corrected chi connectivity index (χ3v) is 0. The summed E-state index contributed by atoms with van der Waals surface area (Å²) in [5.41, 5.74) is 0. The zero-order chi connectivity index (χ0) is 4.50. The molecule has 0 bridgehead atoms. The average molecular weight is 350 g/mol. The van der Waals surface area contributed by atoms with Gasteiger partial charge in [0, 0.05) is 0 Å². The summed E-state index contributed by atoms with van der Waals surface area (Å²) in [6.07, 6.45) is 0. The minimum atomic E-state index is -4.67. The molecule has 18 nitrogen and oxygen atoms in total. The third-order valence-electron chi connectivity index (χ3n) is 0. The van der Waals surface area contributed by atoms with Gasteiger partial charge in [0.2, 0.25) is 0 Å². The zero-order valence-electron chi connectivity index (χ0n) is 9.12. The van der Waals surface area contributed by atoms with Crippen molar-refractivity contribution in [3.63, 3.8) is 0 Å². The normalized spacial score (nSPS) is 3.05. The van der Waals surface area contributed by atoms with Crippen molar-refractivity contribution < 1.29 is 94.2 Å². The van der Waals surface area contributed by atoms with E-state index in [1.165, 1.54) is 0 Å². The lowest BCUT2D eigenvalue weighted by atomic mass is 15.8. The molecule has 0 unspecified atom stereocenters. The van der Waals surface area contributed by atoms with Gasteiger partial charge in [-0.25, -0.2) is 0 Å². The smallest absolute Gasteiger partial charge is 0.394 e. The summed E-state index contributed by atoms with van der Waals surface area (Å²) in [5, 5.41) is 0. The molecule has 0 aromatic carbocycles. The molecule has 0 amide bonds. The van der Waals surface area contributed by atoms with Crippen molar-refractivity contribution in [3.8, 4) is 0 Å². The SMILES string of the molecule is O.O.O.O.O.O.O.O.O.O.O.O.O.O.O=S(=O)(O)O. The first-order valence-electron chi connectivity index (χ1n) is 0.698. The Bertz CT molecular complexity index is 88.9. The summed E-state index contributed by atoms with van der Waals surface area (Å²) >= 11 is 0. The average Bonchev–Trinajstić information content (AvgIpc) is 0.722. The van der Waals surface area contributed by atoms with Gasteiger partial charge in [-0.1, -0.05) is 0 Å². The van der Waals surface area contributed by atoms with E-state index in [-0.39, 0.29) is 76.7 Å². The molecule has 19 heavy (non-hydrogen) atoms. The molecule has 0 atom stereocenters. The lowest BCUT2D eigenvalue weighted by Gasteiger charge is -1.68. The van der Waals surface area contributed by atoms with E-state index in [4.69, 9.17) is 17.5 Å². The molecule has 0 aromatic rings. The molecule has 0 aliphatic carbocycles. The second kappa shape index (κ2) is 163. The fraction of sp³-hybridized carbons (Fsp3) is 0. The second-order valence-electron chi connectivity index (χ2n) is 0.448. The molecule has 0 fully saturated rings. The Morgan fingerprint density at radius 1 is 0.368 bits per heavy atom. The molecule has 0 aliphatic rings. The monoisotopic (exact) mass is 350 g/mol. The van der Waals surface area contributed by atoms with Gasteiger partial charge in [0.15, 0.2) is 0 Å². The highest BCUT2D eigenvalue weighted by molar-refractivity contribution is 7.79. The van der Waals surface area contributed by atoms with Crippen molar-refractivity contribution >= 4 is 10.4 Å². The maximum atomic E-state index is 8.74. The van der Waals surface area contributed by atoms with E-state index < -0.39 is 10.4 Å². The van der Waals surface area contributed by atoms with Gasteiger partial charge in [0.05, 0.1) is 0 Å². The van der Waals surface area contributed by atoms with E-state index in [1.807, 2.05) is 0 Å². The van der Waals surface area contributed by atoms with Crippen LogP contribution in [0.2, 0.25) is 0 Å². The molecule has 0 heterocycles. The van der Waals surface area contributed by atoms with Crippen LogP contribution in [-0.2, 0) is 10.4 Å². The standard InChI is InChI=1S/H2O4S.14H2O/c1-5(2,3)4;;;;;;;;;;;;;;/h(H2,1,2,3,4);14*1H2. The molecular formula is H30O18S. The van der Waals surface area contributed by atoms with Crippen LogP contribution in [0.15, 0.2) is 0 Å². The Balaban J connectivity index is -0.000000000879. The minimum absolute atomic E-state index is 0. The molecule has 0 radical (unpaired) electrons. The van der Waals surface area contributed by atoms with Crippen molar-refractivity contribution in [2.75, 3.05) is 0 Å². The first-order valence-corrected chi connectivity index (χ1v) is 2.10. The van der Waals surface area contributed by atoms with Crippen molar-refractivity contribution in [2.24, 2.45) is 0 Å². The maximum Gasteiger partial charge on any atom is 0.394 e. The van der Waals surface area contributed by atoms with Crippen molar-refractivity contribution in [2.45, 2.75) is 0 Å². The van der Waals surface area contributed by atoms with E-state index in [2.05, 4.69) is 0 Å². The van der Waals surface area contributed by atoms with Gasteiger partial charge in [-0.2, -0.15) is 8.42 Å². The van der Waals surface area contributed by atoms with Gasteiger partial charge in [0.25, 0.3) is 0 Å². The van der Waals surface area contributed by atoms with Crippen LogP contribution in [-0.4, -0.2) is 94.2 Å². The van der Waals surface area contributed by atoms with E-state index in [9.17, 15) is 0 Å². The molecule has 0 spiro atoms. The number of rotatable bonds is 0. The summed E-state index contributed by atoms with van der Waals surface area (Å²) in [6, 6.07) is 0. The minimum Gasteiger partial charge on any atom is -0.412 e. The van der Waals surface area contributed by atoms with Crippen molar-refractivity contribution in [1.82, 2.24) is 0 Å². The summed E-state index contributed by atoms with van der Waals surface area (Å²) < 4.78 is 31.6. The van der Waals surface area contributed by atoms with Gasteiger partial charge >= 0.3 is 10.4 Å². The predicted octanol–water partition coefficient (Wildman–Crippen LogP) is -12.2. The molecule has 144 valence electrons. The molecule has 0 aromatic heterocycles. The van der Waals surface area contributed by atoms with Crippen LogP contribution in [0.5, 0.6) is 0 Å². The van der Waals surface area contributed by atoms with Gasteiger partial charge in [-0.15, -0.1) is 0 Å². The van der Waals surface area contributed by atoms with Crippen molar-refractivity contribution in [3.05, 3.63) is 0 Å². The van der Waals surface area contributed by atoms with Crippen molar-refractivity contribution in [1.29, 1.82) is 0 Å². The van der Waals surface area contributed by atoms with Gasteiger partial charge in [-0.3, -0.25) is 9.11 Å². The first-order chi connectivity index (χ1) is 2.00. The fourth-order valence-electron chi connectivity index (χ4n) is 0. The molecule has 0 saturated heterocycles. The molecule has 30 N–H and O–H groups in total. The third kappa shape index (κ3) is 8520. The van der Waals surface area contributed by atoms with E-state index in [0.29, 0.717) is 0 Å². The lowest BCUT2D eigenvalue weighted by molar-refractivity contribution is 0.381. The van der Waals surface area contributed by atoms with Crippen LogP contribution in [0.1, 0.15) is 0 Å². The van der Waals surface area contributed by atoms with Gasteiger partial charge in [-0.05, 0) is 0 Å². The highest BCUT2D eigenvalue weighted by Gasteiger charge is 1.84. The van der Waals surface area contributed by atoms with Crippen LogP contribution in [0.3, 0.4) is 0 Å². The Morgan fingerprint density at radius 2 is 0.368 bits per heavy atom. The predicted molar refractivity (Wildman–Crippen MR) is 64.8 cm³/mol. The zero-order valence-corrected chi connectivity index (χ0v) is 9.94. The summed E-state index contributed by atoms with van der Waals surface area (Å²) in [6.45, 7) is 0. The Morgan fingerprint density at radius 3 is 0.368 bits per heavy atom. The van der Waals surface area contributed by atoms with Gasteiger partial charge < -0.3 is 76.7 Å². The van der Waals surface area contributed by atoms with E-state index in [1.54, 1.807) is 0 Å². The maximum absolute atomic E-state index is 8.74. The second-order valence-corrected chi connectivity index (χ2v) is 1.34. The molecule has 0 rings (SSSR count). The van der Waals surface area contributed by atoms with Crippen LogP contribution in [0, 0.1) is 0 Å². The molecular weight excluding hydrogens is 320 g/mol. The largest absolute Gasteiger partial charge is 0.412 e. The van der Waals surface area contributed by atoms with Gasteiger partial charge in [0.1, 0.15) is 0 Å². The lowest BCUT2D eigenvalue weighted by Crippen LogP contribution is -1.89. The van der Waals surface area contributed by atoms with Crippen LogP contribution in [0.4, 0.5) is 0 Å². The summed E-state index contributed by atoms with van der Waals surface area (Å²) in [4.78, 5) is 0. The number of hydrogen-bond donors (Lipinski definition) is 2. The first kappa shape index (κ1) is 501. The fourth-order valence-corrected chi connectivity index (χ4v) is 0. The van der Waals surface area contributed by atoms with Crippen LogP contribution < -0.4 is 0 Å². The van der Waals surface area contributed by atoms with Crippen LogP contribution in [0.25, 0.3) is 0 Å². The molecule has 0 saturated carbocycles. The van der Waals surface area contributed by atoms with E-state index >= 15 is 0 Å². The number of hydrogen-bond acceptors (Lipinski definition) is 2. The topological polar surface area (TPSA) is 516 Å². The van der Waals surface area contributed by atoms with E-state index in [0.717, 1.165) is 0 Å².